The third kappa shape index (κ3) is 5.39. The maximum absolute atomic E-state index is 13.4. The van der Waals surface area contributed by atoms with Gasteiger partial charge in [0.2, 0.25) is 0 Å². The fourth-order valence-electron chi connectivity index (χ4n) is 5.90. The Morgan fingerprint density at radius 2 is 1.53 bits per heavy atom. The number of nitrogens with one attached hydrogen (secondary N) is 1. The van der Waals surface area contributed by atoms with Gasteiger partial charge in [-0.3, -0.25) is 0 Å². The van der Waals surface area contributed by atoms with Crippen molar-refractivity contribution in [1.82, 2.24) is 24.6 Å². The minimum absolute atomic E-state index is 0.0797. The predicted molar refractivity (Wildman–Crippen MR) is 172 cm³/mol. The van der Waals surface area contributed by atoms with Crippen LogP contribution in [0, 0.1) is 6.92 Å². The summed E-state index contributed by atoms with van der Waals surface area (Å²) >= 11 is 0. The van der Waals surface area contributed by atoms with Gasteiger partial charge in [0.25, 0.3) is 0 Å². The molecule has 6 aromatic rings. The maximum Gasteiger partial charge on any atom is 0.321 e. The fraction of sp³-hybridized carbons (Fsp3) is 0.200. The molecule has 43 heavy (non-hydrogen) atoms. The summed E-state index contributed by atoms with van der Waals surface area (Å²) in [6.45, 7) is 4.72. The van der Waals surface area contributed by atoms with Crippen molar-refractivity contribution in [1.29, 1.82) is 0 Å². The quantitative estimate of drug-likeness (QED) is 0.254. The van der Waals surface area contributed by atoms with Crippen LogP contribution in [-0.2, 0) is 6.42 Å². The van der Waals surface area contributed by atoms with Crippen LogP contribution < -0.4 is 10.2 Å². The molecular weight excluding hydrogens is 534 g/mol. The van der Waals surface area contributed by atoms with E-state index in [2.05, 4.69) is 34.5 Å². The average Bonchev–Trinajstić information content (AvgIpc) is 3.20. The Morgan fingerprint density at radius 3 is 2.37 bits per heavy atom. The summed E-state index contributed by atoms with van der Waals surface area (Å²) in [5.41, 5.74) is 4.63. The highest BCUT2D eigenvalue weighted by Gasteiger charge is 2.25. The SMILES string of the molecule is Cc1nn(-c2ccccc2)c2nc(Cc3ccccc3)nc(N3CCCN(C(=O)Nc4cccc5ccccc45)CC3)c12. The Kier molecular flexibility index (Phi) is 7.17. The van der Waals surface area contributed by atoms with Crippen molar-refractivity contribution < 1.29 is 4.79 Å². The number of fused-ring (bicyclic) bond motifs is 2. The molecule has 1 saturated heterocycles. The van der Waals surface area contributed by atoms with Crippen molar-refractivity contribution in [2.24, 2.45) is 0 Å². The molecule has 3 heterocycles. The van der Waals surface area contributed by atoms with Crippen LogP contribution in [0.3, 0.4) is 0 Å². The molecule has 0 saturated carbocycles. The summed E-state index contributed by atoms with van der Waals surface area (Å²) in [5.74, 6) is 1.63. The second kappa shape index (κ2) is 11.6. The van der Waals surface area contributed by atoms with Gasteiger partial charge in [-0.1, -0.05) is 84.9 Å². The van der Waals surface area contributed by atoms with E-state index in [4.69, 9.17) is 15.1 Å². The minimum atomic E-state index is -0.0797. The Labute approximate surface area is 250 Å². The molecule has 0 atom stereocenters. The van der Waals surface area contributed by atoms with E-state index in [0.29, 0.717) is 26.1 Å². The van der Waals surface area contributed by atoms with Gasteiger partial charge in [-0.15, -0.1) is 0 Å². The summed E-state index contributed by atoms with van der Waals surface area (Å²) < 4.78 is 1.92. The standard InChI is InChI=1S/C35H33N7O/c1-25-32-33(37-31(24-26-12-4-2-5-13-26)38-34(32)42(39-25)28-16-6-3-7-17-28)40-20-11-21-41(23-22-40)35(43)36-30-19-10-15-27-14-8-9-18-29(27)30/h2-10,12-19H,11,20-24H2,1H3,(H,36,43). The second-order valence-corrected chi connectivity index (χ2v) is 10.9. The monoisotopic (exact) mass is 567 g/mol. The third-order valence-corrected chi connectivity index (χ3v) is 8.05. The van der Waals surface area contributed by atoms with E-state index >= 15 is 0 Å². The van der Waals surface area contributed by atoms with Gasteiger partial charge in [0.1, 0.15) is 11.6 Å². The summed E-state index contributed by atoms with van der Waals surface area (Å²) in [6, 6.07) is 34.5. The summed E-state index contributed by atoms with van der Waals surface area (Å²) in [7, 11) is 0. The first-order valence-electron chi connectivity index (χ1n) is 14.8. The number of urea groups is 1. The van der Waals surface area contributed by atoms with E-state index in [-0.39, 0.29) is 6.03 Å². The number of anilines is 2. The van der Waals surface area contributed by atoms with Gasteiger partial charge in [0.05, 0.1) is 22.5 Å². The van der Waals surface area contributed by atoms with E-state index < -0.39 is 0 Å². The van der Waals surface area contributed by atoms with Crippen LogP contribution in [0.25, 0.3) is 27.5 Å². The number of hydrogen-bond acceptors (Lipinski definition) is 5. The molecule has 1 aliphatic heterocycles. The van der Waals surface area contributed by atoms with Crippen LogP contribution in [0.5, 0.6) is 0 Å². The Bertz CT molecular complexity index is 1900. The zero-order chi connectivity index (χ0) is 29.2. The van der Waals surface area contributed by atoms with Crippen molar-refractivity contribution in [2.75, 3.05) is 36.4 Å². The van der Waals surface area contributed by atoms with Crippen molar-refractivity contribution in [3.05, 3.63) is 120 Å². The van der Waals surface area contributed by atoms with Gasteiger partial charge in [0.15, 0.2) is 5.65 Å². The Balaban J connectivity index is 1.20. The molecule has 0 unspecified atom stereocenters. The molecule has 0 aliphatic carbocycles. The molecular formula is C35H33N7O. The van der Waals surface area contributed by atoms with Gasteiger partial charge in [-0.2, -0.15) is 5.10 Å². The van der Waals surface area contributed by atoms with Crippen molar-refractivity contribution in [2.45, 2.75) is 19.8 Å². The average molecular weight is 568 g/mol. The molecule has 0 radical (unpaired) electrons. The molecule has 2 aromatic heterocycles. The fourth-order valence-corrected chi connectivity index (χ4v) is 5.90. The zero-order valence-electron chi connectivity index (χ0n) is 24.1. The van der Waals surface area contributed by atoms with E-state index in [1.807, 2.05) is 95.4 Å². The third-order valence-electron chi connectivity index (χ3n) is 8.05. The van der Waals surface area contributed by atoms with Gasteiger partial charge in [0, 0.05) is 38.0 Å². The highest BCUT2D eigenvalue weighted by Crippen LogP contribution is 2.30. The van der Waals surface area contributed by atoms with Crippen LogP contribution in [0.15, 0.2) is 103 Å². The van der Waals surface area contributed by atoms with Crippen molar-refractivity contribution in [3.8, 4) is 5.69 Å². The molecule has 0 spiro atoms. The van der Waals surface area contributed by atoms with E-state index in [1.165, 1.54) is 0 Å². The number of benzene rings is 4. The first-order valence-corrected chi connectivity index (χ1v) is 14.8. The summed E-state index contributed by atoms with van der Waals surface area (Å²) in [4.78, 5) is 27.8. The highest BCUT2D eigenvalue weighted by molar-refractivity contribution is 6.01. The number of amides is 2. The van der Waals surface area contributed by atoms with Crippen LogP contribution >= 0.6 is 0 Å². The number of hydrogen-bond donors (Lipinski definition) is 1. The second-order valence-electron chi connectivity index (χ2n) is 10.9. The number of carbonyl (C=O) groups excluding carboxylic acids is 1. The largest absolute Gasteiger partial charge is 0.354 e. The number of carbonyl (C=O) groups is 1. The smallest absolute Gasteiger partial charge is 0.321 e. The molecule has 1 aliphatic rings. The summed E-state index contributed by atoms with van der Waals surface area (Å²) in [6.07, 6.45) is 1.45. The van der Waals surface area contributed by atoms with Crippen LogP contribution in [0.1, 0.15) is 23.5 Å². The molecule has 2 amide bonds. The first kappa shape index (κ1) is 26.6. The maximum atomic E-state index is 13.4. The van der Waals surface area contributed by atoms with Gasteiger partial charge in [-0.05, 0) is 42.5 Å². The summed E-state index contributed by atoms with van der Waals surface area (Å²) in [5, 5.41) is 11.2. The predicted octanol–water partition coefficient (Wildman–Crippen LogP) is 6.61. The van der Waals surface area contributed by atoms with Gasteiger partial charge >= 0.3 is 6.03 Å². The van der Waals surface area contributed by atoms with E-state index in [9.17, 15) is 4.79 Å². The first-order chi connectivity index (χ1) is 21.1. The topological polar surface area (TPSA) is 79.2 Å². The number of nitrogens with zero attached hydrogens (tertiary/aromatic N) is 6. The Morgan fingerprint density at radius 1 is 0.791 bits per heavy atom. The normalized spacial score (nSPS) is 13.8. The zero-order valence-corrected chi connectivity index (χ0v) is 24.1. The molecule has 4 aromatic carbocycles. The van der Waals surface area contributed by atoms with Crippen LogP contribution in [-0.4, -0.2) is 56.9 Å². The lowest BCUT2D eigenvalue weighted by Crippen LogP contribution is -2.38. The molecule has 8 nitrogen and oxygen atoms in total. The van der Waals surface area contributed by atoms with Gasteiger partial charge < -0.3 is 15.1 Å². The van der Waals surface area contributed by atoms with E-state index in [1.54, 1.807) is 0 Å². The molecule has 8 heteroatoms. The molecule has 1 fully saturated rings. The lowest BCUT2D eigenvalue weighted by molar-refractivity contribution is 0.215. The van der Waals surface area contributed by atoms with Gasteiger partial charge in [-0.25, -0.2) is 19.4 Å². The lowest BCUT2D eigenvalue weighted by atomic mass is 10.1. The Hall–Kier alpha value is -5.24. The van der Waals surface area contributed by atoms with Crippen LogP contribution in [0.4, 0.5) is 16.3 Å². The molecule has 0 bridgehead atoms. The van der Waals surface area contributed by atoms with Crippen molar-refractivity contribution in [3.63, 3.8) is 0 Å². The number of para-hydroxylation sites is 1. The molecule has 214 valence electrons. The van der Waals surface area contributed by atoms with Crippen LogP contribution in [0.2, 0.25) is 0 Å². The number of aryl methyl sites for hydroxylation is 1. The molecule has 1 N–H and O–H groups in total. The minimum Gasteiger partial charge on any atom is -0.354 e. The number of aromatic nitrogens is 4. The van der Waals surface area contributed by atoms with E-state index in [0.717, 1.165) is 69.0 Å². The number of rotatable bonds is 5. The van der Waals surface area contributed by atoms with Crippen molar-refractivity contribution >= 4 is 39.3 Å². The molecule has 7 rings (SSSR count). The lowest BCUT2D eigenvalue weighted by Gasteiger charge is -2.24. The highest BCUT2D eigenvalue weighted by atomic mass is 16.2.